The molecule has 0 spiro atoms. The third-order valence-electron chi connectivity index (χ3n) is 4.67. The Balaban J connectivity index is 1.49. The molecule has 0 saturated carbocycles. The van der Waals surface area contributed by atoms with Crippen molar-refractivity contribution in [2.75, 3.05) is 0 Å². The molecule has 0 aliphatic rings. The highest BCUT2D eigenvalue weighted by Crippen LogP contribution is 2.29. The first-order chi connectivity index (χ1) is 14.9. The Labute approximate surface area is 187 Å². The fourth-order valence-corrected chi connectivity index (χ4v) is 3.73. The van der Waals surface area contributed by atoms with E-state index in [1.165, 1.54) is 28.0 Å². The third kappa shape index (κ3) is 4.78. The second-order valence-corrected chi connectivity index (χ2v) is 8.09. The van der Waals surface area contributed by atoms with E-state index in [-0.39, 0.29) is 18.2 Å². The highest BCUT2D eigenvalue weighted by molar-refractivity contribution is 7.08. The average Bonchev–Trinajstić information content (AvgIpc) is 3.28. The molecule has 0 fully saturated rings. The lowest BCUT2D eigenvalue weighted by atomic mass is 10.2. The lowest BCUT2D eigenvalue weighted by Gasteiger charge is -2.11. The minimum atomic E-state index is -0.524. The summed E-state index contributed by atoms with van der Waals surface area (Å²) in [6.07, 6.45) is 0. The first kappa shape index (κ1) is 21.1. The lowest BCUT2D eigenvalue weighted by molar-refractivity contribution is 0.290. The minimum absolute atomic E-state index is 0.0560. The van der Waals surface area contributed by atoms with Crippen LogP contribution < -0.4 is 15.2 Å². The molecule has 2 aromatic carbocycles. The van der Waals surface area contributed by atoms with Crippen LogP contribution in [0.15, 0.2) is 64.1 Å². The van der Waals surface area contributed by atoms with E-state index in [0.717, 1.165) is 11.1 Å². The molecule has 0 unspecified atom stereocenters. The van der Waals surface area contributed by atoms with Gasteiger partial charge in [-0.3, -0.25) is 4.57 Å². The Morgan fingerprint density at radius 3 is 2.71 bits per heavy atom. The van der Waals surface area contributed by atoms with Gasteiger partial charge in [-0.25, -0.2) is 9.18 Å². The van der Waals surface area contributed by atoms with Gasteiger partial charge >= 0.3 is 5.69 Å². The van der Waals surface area contributed by atoms with Crippen LogP contribution in [0.1, 0.15) is 11.1 Å². The van der Waals surface area contributed by atoms with Gasteiger partial charge in [-0.05, 0) is 59.8 Å². The number of ether oxygens (including phenoxy) is 2. The minimum Gasteiger partial charge on any atom is -0.473 e. The predicted octanol–water partition coefficient (Wildman–Crippen LogP) is 5.98. The number of aryl methyl sites for hydroxylation is 1. The van der Waals surface area contributed by atoms with Crippen LogP contribution in [0.4, 0.5) is 4.39 Å². The Kier molecular flexibility index (Phi) is 6.06. The molecule has 8 heteroatoms. The van der Waals surface area contributed by atoms with Crippen molar-refractivity contribution in [3.63, 3.8) is 0 Å². The largest absolute Gasteiger partial charge is 0.473 e. The second-order valence-electron chi connectivity index (χ2n) is 6.90. The van der Waals surface area contributed by atoms with Crippen molar-refractivity contribution in [1.29, 1.82) is 0 Å². The van der Waals surface area contributed by atoms with Gasteiger partial charge in [0.2, 0.25) is 5.88 Å². The molecular weight excluding hydrogens is 439 g/mol. The molecule has 158 valence electrons. The van der Waals surface area contributed by atoms with Crippen LogP contribution in [0.25, 0.3) is 11.3 Å². The number of hydrogen-bond donors (Lipinski definition) is 0. The Hall–Kier alpha value is -3.16. The van der Waals surface area contributed by atoms with Crippen molar-refractivity contribution >= 4 is 22.9 Å². The van der Waals surface area contributed by atoms with Gasteiger partial charge in [0.25, 0.3) is 0 Å². The summed E-state index contributed by atoms with van der Waals surface area (Å²) in [7, 11) is 1.66. The van der Waals surface area contributed by atoms with Gasteiger partial charge in [-0.2, -0.15) is 16.3 Å². The molecule has 0 aliphatic carbocycles. The zero-order chi connectivity index (χ0) is 22.0. The van der Waals surface area contributed by atoms with Crippen LogP contribution in [0.2, 0.25) is 5.02 Å². The Bertz CT molecular complexity index is 1290. The van der Waals surface area contributed by atoms with Crippen molar-refractivity contribution in [3.8, 4) is 28.6 Å². The standard InChI is InChI=1S/C23H18ClFN2O3S/c1-14-9-17(4-5-18(14)24)30-21-6-3-15(10-19(21)25)12-29-22-11-20(16-7-8-31-13-16)27(2)23(28)26-22/h3-11,13H,12H2,1-2H3. The predicted molar refractivity (Wildman–Crippen MR) is 120 cm³/mol. The SMILES string of the molecule is Cc1cc(Oc2ccc(COc3cc(-c4ccsc4)n(C)c(=O)n3)cc2F)ccc1Cl. The first-order valence-electron chi connectivity index (χ1n) is 9.36. The van der Waals surface area contributed by atoms with E-state index >= 15 is 0 Å². The summed E-state index contributed by atoms with van der Waals surface area (Å²) in [6.45, 7) is 1.90. The fraction of sp³-hybridized carbons (Fsp3) is 0.130. The molecule has 0 aliphatic heterocycles. The van der Waals surface area contributed by atoms with E-state index < -0.39 is 11.5 Å². The quantitative estimate of drug-likeness (QED) is 0.358. The number of benzene rings is 2. The molecule has 5 nitrogen and oxygen atoms in total. The van der Waals surface area contributed by atoms with Crippen molar-refractivity contribution in [3.05, 3.63) is 91.7 Å². The number of nitrogens with zero attached hydrogens (tertiary/aromatic N) is 2. The van der Waals surface area contributed by atoms with Gasteiger partial charge in [0.1, 0.15) is 12.4 Å². The van der Waals surface area contributed by atoms with Crippen LogP contribution in [0, 0.1) is 12.7 Å². The summed E-state index contributed by atoms with van der Waals surface area (Å²) in [5.41, 5.74) is 2.60. The summed E-state index contributed by atoms with van der Waals surface area (Å²) in [4.78, 5) is 16.1. The van der Waals surface area contributed by atoms with E-state index in [4.69, 9.17) is 21.1 Å². The molecular formula is C23H18ClFN2O3S. The Morgan fingerprint density at radius 2 is 2.00 bits per heavy atom. The molecule has 0 atom stereocenters. The maximum Gasteiger partial charge on any atom is 0.351 e. The number of hydrogen-bond acceptors (Lipinski definition) is 5. The summed E-state index contributed by atoms with van der Waals surface area (Å²) < 4.78 is 27.3. The third-order valence-corrected chi connectivity index (χ3v) is 5.78. The summed E-state index contributed by atoms with van der Waals surface area (Å²) >= 11 is 7.54. The van der Waals surface area contributed by atoms with Gasteiger partial charge in [-0.1, -0.05) is 17.7 Å². The van der Waals surface area contributed by atoms with Crippen LogP contribution in [-0.2, 0) is 13.7 Å². The van der Waals surface area contributed by atoms with Gasteiger partial charge in [-0.15, -0.1) is 0 Å². The van der Waals surface area contributed by atoms with E-state index in [9.17, 15) is 9.18 Å². The maximum absolute atomic E-state index is 14.5. The number of thiophene rings is 1. The van der Waals surface area contributed by atoms with Crippen molar-refractivity contribution in [2.24, 2.45) is 7.05 Å². The maximum atomic E-state index is 14.5. The summed E-state index contributed by atoms with van der Waals surface area (Å²) in [6, 6.07) is 13.3. The van der Waals surface area contributed by atoms with Gasteiger partial charge in [0, 0.05) is 29.1 Å². The van der Waals surface area contributed by atoms with Crippen LogP contribution >= 0.6 is 22.9 Å². The van der Waals surface area contributed by atoms with Gasteiger partial charge < -0.3 is 9.47 Å². The van der Waals surface area contributed by atoms with E-state index in [1.807, 2.05) is 23.8 Å². The molecule has 2 heterocycles. The molecule has 4 aromatic rings. The topological polar surface area (TPSA) is 53.4 Å². The van der Waals surface area contributed by atoms with E-state index in [1.54, 1.807) is 37.4 Å². The molecule has 4 rings (SSSR count). The smallest absolute Gasteiger partial charge is 0.351 e. The zero-order valence-electron chi connectivity index (χ0n) is 16.8. The normalized spacial score (nSPS) is 10.8. The van der Waals surface area contributed by atoms with E-state index in [2.05, 4.69) is 4.98 Å². The first-order valence-corrected chi connectivity index (χ1v) is 10.7. The highest BCUT2D eigenvalue weighted by atomic mass is 35.5. The van der Waals surface area contributed by atoms with E-state index in [0.29, 0.717) is 22.0 Å². The summed E-state index contributed by atoms with van der Waals surface area (Å²) in [5.74, 6) is 0.248. The van der Waals surface area contributed by atoms with Crippen molar-refractivity contribution in [2.45, 2.75) is 13.5 Å². The van der Waals surface area contributed by atoms with Crippen LogP contribution in [-0.4, -0.2) is 9.55 Å². The monoisotopic (exact) mass is 456 g/mol. The van der Waals surface area contributed by atoms with Crippen molar-refractivity contribution < 1.29 is 13.9 Å². The fourth-order valence-electron chi connectivity index (χ4n) is 2.96. The molecule has 0 saturated heterocycles. The number of rotatable bonds is 6. The lowest BCUT2D eigenvalue weighted by Crippen LogP contribution is -2.22. The van der Waals surface area contributed by atoms with Gasteiger partial charge in [0.05, 0.1) is 5.69 Å². The number of aromatic nitrogens is 2. The molecule has 0 bridgehead atoms. The van der Waals surface area contributed by atoms with Crippen LogP contribution in [0.5, 0.6) is 17.4 Å². The molecule has 0 N–H and O–H groups in total. The molecule has 0 radical (unpaired) electrons. The summed E-state index contributed by atoms with van der Waals surface area (Å²) in [5, 5.41) is 4.49. The van der Waals surface area contributed by atoms with Crippen LogP contribution in [0.3, 0.4) is 0 Å². The van der Waals surface area contributed by atoms with Gasteiger partial charge in [0.15, 0.2) is 11.6 Å². The zero-order valence-corrected chi connectivity index (χ0v) is 18.3. The molecule has 0 amide bonds. The second kappa shape index (κ2) is 8.91. The molecule has 31 heavy (non-hydrogen) atoms. The average molecular weight is 457 g/mol. The van der Waals surface area contributed by atoms with Crippen molar-refractivity contribution in [1.82, 2.24) is 9.55 Å². The number of halogens is 2. The highest BCUT2D eigenvalue weighted by Gasteiger charge is 2.11. The Morgan fingerprint density at radius 1 is 1.16 bits per heavy atom. The molecule has 2 aromatic heterocycles.